The summed E-state index contributed by atoms with van der Waals surface area (Å²) in [6.45, 7) is 0. The molecule has 0 atom stereocenters. The van der Waals surface area contributed by atoms with Gasteiger partial charge in [0.15, 0.2) is 0 Å². The Morgan fingerprint density at radius 2 is 0.845 bits per heavy atom. The molecular weight excluding hydrogens is 701 g/mol. The third kappa shape index (κ3) is 5.74. The van der Waals surface area contributed by atoms with Crippen molar-refractivity contribution in [1.29, 1.82) is 0 Å². The van der Waals surface area contributed by atoms with Gasteiger partial charge in [0.25, 0.3) is 0 Å². The second-order valence-corrected chi connectivity index (χ2v) is 14.9. The van der Waals surface area contributed by atoms with Crippen LogP contribution in [0, 0.1) is 0 Å². The first-order valence-corrected chi connectivity index (χ1v) is 19.9. The van der Waals surface area contributed by atoms with Gasteiger partial charge in [0.2, 0.25) is 0 Å². The topological polar surface area (TPSA) is 8.17 Å². The predicted octanol–water partition coefficient (Wildman–Crippen LogP) is 15.6. The molecule has 11 rings (SSSR count). The van der Waals surface area contributed by atoms with Gasteiger partial charge in [-0.25, -0.2) is 0 Å². The van der Waals surface area contributed by atoms with Crippen LogP contribution in [0.5, 0.6) is 0 Å². The molecule has 272 valence electrons. The number of anilines is 3. The SMILES string of the molecule is c1ccc(-c2ccccc2N(c2ccc(-c3ccc4c5ccccc5n(-c5ccccc5)c4c3)cc2)c2ccc(-c3cccc4c3ccc3ccccc34)cc2)cc1. The third-order valence-corrected chi connectivity index (χ3v) is 11.6. The summed E-state index contributed by atoms with van der Waals surface area (Å²) in [5, 5.41) is 7.60. The van der Waals surface area contributed by atoms with Crippen LogP contribution in [0.2, 0.25) is 0 Å². The summed E-state index contributed by atoms with van der Waals surface area (Å²) in [5.41, 5.74) is 14.0. The summed E-state index contributed by atoms with van der Waals surface area (Å²) < 4.78 is 2.38. The molecule has 1 aromatic heterocycles. The fraction of sp³-hybridized carbons (Fsp3) is 0. The molecule has 10 aromatic carbocycles. The molecular formula is C56H38N2. The van der Waals surface area contributed by atoms with Crippen LogP contribution >= 0.6 is 0 Å². The van der Waals surface area contributed by atoms with E-state index in [0.29, 0.717) is 0 Å². The fourth-order valence-electron chi connectivity index (χ4n) is 8.85. The molecule has 0 bridgehead atoms. The van der Waals surface area contributed by atoms with E-state index in [-0.39, 0.29) is 0 Å². The molecule has 0 radical (unpaired) electrons. The van der Waals surface area contributed by atoms with Crippen LogP contribution < -0.4 is 4.90 Å². The maximum Gasteiger partial charge on any atom is 0.0547 e. The average molecular weight is 739 g/mol. The summed E-state index contributed by atoms with van der Waals surface area (Å²) in [4.78, 5) is 2.39. The Hall–Kier alpha value is -7.68. The summed E-state index contributed by atoms with van der Waals surface area (Å²) >= 11 is 0. The number of benzene rings is 10. The quantitative estimate of drug-likeness (QED) is 0.148. The van der Waals surface area contributed by atoms with Crippen LogP contribution in [0.15, 0.2) is 231 Å². The smallest absolute Gasteiger partial charge is 0.0547 e. The van der Waals surface area contributed by atoms with E-state index in [0.717, 1.165) is 22.7 Å². The normalized spacial score (nSPS) is 11.4. The standard InChI is InChI=1S/C56H38N2/c1-3-14-40(15-4-1)49-20-9-11-24-54(49)57(46-34-28-42(29-35-46)48-22-13-23-50-47-19-8-7-16-41(47)30-36-51(48)50)45-32-26-39(27-33-45)43-31-37-53-52-21-10-12-25-55(52)58(56(53)38-43)44-17-5-2-6-18-44/h1-38H. The first-order chi connectivity index (χ1) is 28.8. The molecule has 0 aliphatic heterocycles. The van der Waals surface area contributed by atoms with E-state index < -0.39 is 0 Å². The van der Waals surface area contributed by atoms with Crippen LogP contribution in [0.1, 0.15) is 0 Å². The van der Waals surface area contributed by atoms with Crippen molar-refractivity contribution >= 4 is 60.4 Å². The Labute approximate surface area is 338 Å². The first-order valence-electron chi connectivity index (χ1n) is 19.9. The zero-order valence-corrected chi connectivity index (χ0v) is 31.8. The Morgan fingerprint density at radius 3 is 1.64 bits per heavy atom. The van der Waals surface area contributed by atoms with Crippen molar-refractivity contribution in [2.45, 2.75) is 0 Å². The Morgan fingerprint density at radius 1 is 0.293 bits per heavy atom. The molecule has 2 nitrogen and oxygen atoms in total. The highest BCUT2D eigenvalue weighted by atomic mass is 15.1. The molecule has 0 amide bonds. The van der Waals surface area contributed by atoms with E-state index in [9.17, 15) is 0 Å². The molecule has 0 saturated heterocycles. The van der Waals surface area contributed by atoms with Gasteiger partial charge in [-0.05, 0) is 104 Å². The lowest BCUT2D eigenvalue weighted by Crippen LogP contribution is -2.11. The molecule has 0 aliphatic carbocycles. The minimum atomic E-state index is 1.09. The van der Waals surface area contributed by atoms with Gasteiger partial charge in [-0.2, -0.15) is 0 Å². The van der Waals surface area contributed by atoms with Crippen molar-refractivity contribution in [2.24, 2.45) is 0 Å². The summed E-state index contributed by atoms with van der Waals surface area (Å²) in [6.07, 6.45) is 0. The van der Waals surface area contributed by atoms with E-state index in [4.69, 9.17) is 0 Å². The number of fused-ring (bicyclic) bond motifs is 6. The van der Waals surface area contributed by atoms with E-state index >= 15 is 0 Å². The predicted molar refractivity (Wildman–Crippen MR) is 247 cm³/mol. The number of hydrogen-bond donors (Lipinski definition) is 0. The molecule has 0 N–H and O–H groups in total. The van der Waals surface area contributed by atoms with Crippen molar-refractivity contribution in [2.75, 3.05) is 4.90 Å². The van der Waals surface area contributed by atoms with Crippen molar-refractivity contribution < 1.29 is 0 Å². The summed E-state index contributed by atoms with van der Waals surface area (Å²) in [7, 11) is 0. The van der Waals surface area contributed by atoms with Crippen LogP contribution in [0.4, 0.5) is 17.1 Å². The van der Waals surface area contributed by atoms with Gasteiger partial charge in [-0.1, -0.05) is 176 Å². The number of nitrogens with zero attached hydrogens (tertiary/aromatic N) is 2. The van der Waals surface area contributed by atoms with Gasteiger partial charge in [0.05, 0.1) is 16.7 Å². The molecule has 0 saturated carbocycles. The largest absolute Gasteiger partial charge is 0.310 e. The van der Waals surface area contributed by atoms with Crippen LogP contribution in [-0.4, -0.2) is 4.57 Å². The van der Waals surface area contributed by atoms with E-state index in [1.165, 1.54) is 76.7 Å². The van der Waals surface area contributed by atoms with Gasteiger partial charge in [0, 0.05) is 33.4 Å². The highest BCUT2D eigenvalue weighted by molar-refractivity contribution is 6.12. The number of hydrogen-bond acceptors (Lipinski definition) is 1. The first kappa shape index (κ1) is 33.6. The number of aromatic nitrogens is 1. The molecule has 0 fully saturated rings. The average Bonchev–Trinajstić information content (AvgIpc) is 3.64. The van der Waals surface area contributed by atoms with Crippen LogP contribution in [0.25, 0.3) is 82.4 Å². The monoisotopic (exact) mass is 738 g/mol. The zero-order chi connectivity index (χ0) is 38.4. The van der Waals surface area contributed by atoms with Gasteiger partial charge >= 0.3 is 0 Å². The van der Waals surface area contributed by atoms with Gasteiger partial charge in [-0.3, -0.25) is 0 Å². The van der Waals surface area contributed by atoms with Crippen molar-refractivity contribution in [1.82, 2.24) is 4.57 Å². The molecule has 0 unspecified atom stereocenters. The van der Waals surface area contributed by atoms with Gasteiger partial charge in [0.1, 0.15) is 0 Å². The maximum atomic E-state index is 2.39. The van der Waals surface area contributed by atoms with Crippen molar-refractivity contribution in [3.8, 4) is 39.1 Å². The van der Waals surface area contributed by atoms with Crippen molar-refractivity contribution in [3.63, 3.8) is 0 Å². The lowest BCUT2D eigenvalue weighted by Gasteiger charge is -2.28. The Kier molecular flexibility index (Phi) is 8.19. The lowest BCUT2D eigenvalue weighted by molar-refractivity contribution is 1.18. The second kappa shape index (κ2) is 14.1. The minimum absolute atomic E-state index is 1.09. The molecule has 1 heterocycles. The molecule has 2 heteroatoms. The highest BCUT2D eigenvalue weighted by Crippen LogP contribution is 2.43. The molecule has 0 aliphatic rings. The second-order valence-electron chi connectivity index (χ2n) is 14.9. The van der Waals surface area contributed by atoms with Gasteiger partial charge in [-0.15, -0.1) is 0 Å². The fourth-order valence-corrected chi connectivity index (χ4v) is 8.85. The third-order valence-electron chi connectivity index (χ3n) is 11.6. The van der Waals surface area contributed by atoms with Crippen LogP contribution in [0.3, 0.4) is 0 Å². The van der Waals surface area contributed by atoms with Crippen LogP contribution in [-0.2, 0) is 0 Å². The Bertz CT molecular complexity index is 3250. The highest BCUT2D eigenvalue weighted by Gasteiger charge is 2.19. The Balaban J connectivity index is 1.02. The lowest BCUT2D eigenvalue weighted by atomic mass is 9.94. The molecule has 58 heavy (non-hydrogen) atoms. The van der Waals surface area contributed by atoms with E-state index in [1.54, 1.807) is 0 Å². The summed E-state index contributed by atoms with van der Waals surface area (Å²) in [6, 6.07) is 83.6. The zero-order valence-electron chi connectivity index (χ0n) is 31.8. The maximum absolute atomic E-state index is 2.39. The van der Waals surface area contributed by atoms with E-state index in [2.05, 4.69) is 240 Å². The number of para-hydroxylation sites is 3. The molecule has 0 spiro atoms. The summed E-state index contributed by atoms with van der Waals surface area (Å²) in [5.74, 6) is 0. The van der Waals surface area contributed by atoms with Gasteiger partial charge < -0.3 is 9.47 Å². The molecule has 11 aromatic rings. The number of rotatable bonds is 7. The van der Waals surface area contributed by atoms with Crippen molar-refractivity contribution in [3.05, 3.63) is 231 Å². The van der Waals surface area contributed by atoms with E-state index in [1.807, 2.05) is 0 Å². The minimum Gasteiger partial charge on any atom is -0.310 e.